The summed E-state index contributed by atoms with van der Waals surface area (Å²) >= 11 is 12.0. The van der Waals surface area contributed by atoms with Gasteiger partial charge in [0.15, 0.2) is 0 Å². The summed E-state index contributed by atoms with van der Waals surface area (Å²) in [5.41, 5.74) is 1.03. The van der Waals surface area contributed by atoms with Crippen molar-refractivity contribution in [3.63, 3.8) is 0 Å². The molecule has 1 unspecified atom stereocenters. The lowest BCUT2D eigenvalue weighted by molar-refractivity contribution is -0.129. The standard InChI is InChI=1S/C17H22Cl2O2/c18-12-13-10-14(19)4-5-16(13)21-15-6-9-20-17(11-15)7-2-1-3-8-17/h4-5,10,15H,1-3,6-9,11-12H2. The van der Waals surface area contributed by atoms with Gasteiger partial charge in [-0.1, -0.05) is 30.9 Å². The molecule has 116 valence electrons. The van der Waals surface area contributed by atoms with Crippen LogP contribution in [0.4, 0.5) is 0 Å². The van der Waals surface area contributed by atoms with E-state index in [2.05, 4.69) is 0 Å². The average Bonchev–Trinajstić information content (AvgIpc) is 2.50. The van der Waals surface area contributed by atoms with E-state index < -0.39 is 0 Å². The Hall–Kier alpha value is -0.440. The molecular weight excluding hydrogens is 307 g/mol. The summed E-state index contributed by atoms with van der Waals surface area (Å²) in [6, 6.07) is 5.69. The van der Waals surface area contributed by atoms with E-state index in [4.69, 9.17) is 32.7 Å². The quantitative estimate of drug-likeness (QED) is 0.697. The Morgan fingerprint density at radius 1 is 1.24 bits per heavy atom. The van der Waals surface area contributed by atoms with Crippen LogP contribution in [0.1, 0.15) is 50.5 Å². The summed E-state index contributed by atoms with van der Waals surface area (Å²) in [4.78, 5) is 0. The minimum absolute atomic E-state index is 0.0642. The van der Waals surface area contributed by atoms with Gasteiger partial charge < -0.3 is 9.47 Å². The topological polar surface area (TPSA) is 18.5 Å². The van der Waals surface area contributed by atoms with Crippen LogP contribution in [0.2, 0.25) is 5.02 Å². The van der Waals surface area contributed by atoms with Crippen molar-refractivity contribution in [3.05, 3.63) is 28.8 Å². The number of rotatable bonds is 3. The lowest BCUT2D eigenvalue weighted by Crippen LogP contribution is -2.45. The first-order chi connectivity index (χ1) is 10.2. The molecule has 1 saturated heterocycles. The molecule has 1 saturated carbocycles. The molecule has 1 atom stereocenters. The second-order valence-corrected chi connectivity index (χ2v) is 6.91. The number of ether oxygens (including phenoxy) is 2. The molecule has 4 heteroatoms. The average molecular weight is 329 g/mol. The first-order valence-corrected chi connectivity index (χ1v) is 8.77. The number of benzene rings is 1. The molecule has 1 spiro atoms. The van der Waals surface area contributed by atoms with E-state index in [1.165, 1.54) is 32.1 Å². The summed E-state index contributed by atoms with van der Waals surface area (Å²) in [5.74, 6) is 1.29. The Balaban J connectivity index is 1.70. The Labute approximate surface area is 136 Å². The third-order valence-electron chi connectivity index (χ3n) is 4.67. The smallest absolute Gasteiger partial charge is 0.124 e. The SMILES string of the molecule is ClCc1cc(Cl)ccc1OC1CCOC2(CCCCC2)C1. The predicted molar refractivity (Wildman–Crippen MR) is 86.4 cm³/mol. The van der Waals surface area contributed by atoms with Crippen molar-refractivity contribution >= 4 is 23.2 Å². The molecule has 0 bridgehead atoms. The van der Waals surface area contributed by atoms with E-state index >= 15 is 0 Å². The highest BCUT2D eigenvalue weighted by molar-refractivity contribution is 6.30. The van der Waals surface area contributed by atoms with Crippen LogP contribution in [0.5, 0.6) is 5.75 Å². The molecular formula is C17H22Cl2O2. The molecule has 0 radical (unpaired) electrons. The van der Waals surface area contributed by atoms with Crippen molar-refractivity contribution in [2.75, 3.05) is 6.61 Å². The Morgan fingerprint density at radius 2 is 2.05 bits per heavy atom. The van der Waals surface area contributed by atoms with Gasteiger partial charge in [-0.3, -0.25) is 0 Å². The van der Waals surface area contributed by atoms with Gasteiger partial charge in [-0.25, -0.2) is 0 Å². The van der Waals surface area contributed by atoms with Gasteiger partial charge in [0.2, 0.25) is 0 Å². The molecule has 1 aliphatic carbocycles. The van der Waals surface area contributed by atoms with Crippen molar-refractivity contribution < 1.29 is 9.47 Å². The largest absolute Gasteiger partial charge is 0.490 e. The van der Waals surface area contributed by atoms with Gasteiger partial charge in [-0.05, 0) is 31.0 Å². The van der Waals surface area contributed by atoms with Crippen LogP contribution in [-0.2, 0) is 10.6 Å². The van der Waals surface area contributed by atoms with E-state index in [1.807, 2.05) is 18.2 Å². The summed E-state index contributed by atoms with van der Waals surface area (Å²) in [7, 11) is 0. The van der Waals surface area contributed by atoms with E-state index in [-0.39, 0.29) is 11.7 Å². The van der Waals surface area contributed by atoms with Crippen molar-refractivity contribution in [1.82, 2.24) is 0 Å². The van der Waals surface area contributed by atoms with Crippen LogP contribution in [0.3, 0.4) is 0 Å². The molecule has 1 aromatic carbocycles. The zero-order valence-electron chi connectivity index (χ0n) is 12.2. The van der Waals surface area contributed by atoms with Crippen LogP contribution in [-0.4, -0.2) is 18.3 Å². The van der Waals surface area contributed by atoms with Gasteiger partial charge in [0, 0.05) is 23.4 Å². The van der Waals surface area contributed by atoms with E-state index in [1.54, 1.807) is 0 Å². The Morgan fingerprint density at radius 3 is 2.81 bits per heavy atom. The highest BCUT2D eigenvalue weighted by Gasteiger charge is 2.39. The number of hydrogen-bond donors (Lipinski definition) is 0. The van der Waals surface area contributed by atoms with Gasteiger partial charge in [0.25, 0.3) is 0 Å². The van der Waals surface area contributed by atoms with Crippen LogP contribution in [0.15, 0.2) is 18.2 Å². The minimum atomic E-state index is 0.0642. The molecule has 1 heterocycles. The molecule has 2 aliphatic rings. The van der Waals surface area contributed by atoms with Gasteiger partial charge in [0.05, 0.1) is 18.1 Å². The first kappa shape index (κ1) is 15.5. The van der Waals surface area contributed by atoms with Gasteiger partial charge in [-0.2, -0.15) is 0 Å². The van der Waals surface area contributed by atoms with Crippen LogP contribution in [0, 0.1) is 0 Å². The van der Waals surface area contributed by atoms with Crippen LogP contribution in [0.25, 0.3) is 0 Å². The van der Waals surface area contributed by atoms with Gasteiger partial charge in [-0.15, -0.1) is 11.6 Å². The minimum Gasteiger partial charge on any atom is -0.490 e. The predicted octanol–water partition coefficient (Wildman–Crippen LogP) is 5.34. The molecule has 3 rings (SSSR count). The van der Waals surface area contributed by atoms with Gasteiger partial charge in [0.1, 0.15) is 11.9 Å². The van der Waals surface area contributed by atoms with E-state index in [0.29, 0.717) is 10.9 Å². The van der Waals surface area contributed by atoms with Crippen molar-refractivity contribution in [3.8, 4) is 5.75 Å². The molecule has 0 amide bonds. The fourth-order valence-corrected chi connectivity index (χ4v) is 3.98. The third kappa shape index (κ3) is 3.67. The third-order valence-corrected chi connectivity index (χ3v) is 5.20. The van der Waals surface area contributed by atoms with E-state index in [0.717, 1.165) is 30.8 Å². The Kier molecular flexibility index (Phi) is 4.98. The first-order valence-electron chi connectivity index (χ1n) is 7.86. The highest BCUT2D eigenvalue weighted by atomic mass is 35.5. The lowest BCUT2D eigenvalue weighted by atomic mass is 9.79. The molecule has 21 heavy (non-hydrogen) atoms. The summed E-state index contributed by atoms with van der Waals surface area (Å²) in [6.45, 7) is 0.800. The normalized spacial score (nSPS) is 25.0. The maximum Gasteiger partial charge on any atom is 0.124 e. The highest BCUT2D eigenvalue weighted by Crippen LogP contribution is 2.40. The van der Waals surface area contributed by atoms with Crippen molar-refractivity contribution in [2.24, 2.45) is 0 Å². The van der Waals surface area contributed by atoms with E-state index in [9.17, 15) is 0 Å². The molecule has 2 fully saturated rings. The second-order valence-electron chi connectivity index (χ2n) is 6.21. The second kappa shape index (κ2) is 6.76. The lowest BCUT2D eigenvalue weighted by Gasteiger charge is -2.43. The molecule has 0 aromatic heterocycles. The maximum atomic E-state index is 6.24. The summed E-state index contributed by atoms with van der Waals surface area (Å²) < 4.78 is 12.4. The number of halogens is 2. The number of hydrogen-bond acceptors (Lipinski definition) is 2. The van der Waals surface area contributed by atoms with Crippen molar-refractivity contribution in [1.29, 1.82) is 0 Å². The summed E-state index contributed by atoms with van der Waals surface area (Å²) in [5, 5.41) is 0.703. The molecule has 1 aromatic rings. The van der Waals surface area contributed by atoms with Gasteiger partial charge >= 0.3 is 0 Å². The fraction of sp³-hybridized carbons (Fsp3) is 0.647. The summed E-state index contributed by atoms with van der Waals surface area (Å²) in [6.07, 6.45) is 8.42. The Bertz CT molecular complexity index is 478. The van der Waals surface area contributed by atoms with Crippen LogP contribution < -0.4 is 4.74 Å². The maximum absolute atomic E-state index is 6.24. The molecule has 1 aliphatic heterocycles. The zero-order chi connectivity index (χ0) is 14.7. The van der Waals surface area contributed by atoms with Crippen molar-refractivity contribution in [2.45, 2.75) is 62.5 Å². The fourth-order valence-electron chi connectivity index (χ4n) is 3.57. The molecule has 0 N–H and O–H groups in total. The molecule has 2 nitrogen and oxygen atoms in total. The zero-order valence-corrected chi connectivity index (χ0v) is 13.8. The monoisotopic (exact) mass is 328 g/mol. The number of alkyl halides is 1. The van der Waals surface area contributed by atoms with Crippen LogP contribution >= 0.6 is 23.2 Å².